The Bertz CT molecular complexity index is 346. The third-order valence-corrected chi connectivity index (χ3v) is 4.68. The van der Waals surface area contributed by atoms with Gasteiger partial charge in [0.2, 0.25) is 0 Å². The number of nitrogens with one attached hydrogen (secondary N) is 1. The van der Waals surface area contributed by atoms with Gasteiger partial charge in [0, 0.05) is 6.04 Å². The molecule has 0 bridgehead atoms. The van der Waals surface area contributed by atoms with Crippen molar-refractivity contribution < 1.29 is 17.9 Å². The maximum Gasteiger partial charge on any atom is 0.391 e. The first kappa shape index (κ1) is 16.7. The first-order valence-corrected chi connectivity index (χ1v) is 8.13. The number of alkyl halides is 3. The van der Waals surface area contributed by atoms with Crippen molar-refractivity contribution in [3.63, 3.8) is 0 Å². The standard InChI is InChI=1S/C16H26F3NO/c1-2-9-20-15(13-4-3-10-21-11-13)12-5-7-14(8-6-12)16(17,18)19/h11-12,14-15,20H,2-10H2,1H3. The number of hydrogen-bond donors (Lipinski definition) is 1. The summed E-state index contributed by atoms with van der Waals surface area (Å²) in [6, 6.07) is 0.194. The Kier molecular flexibility index (Phi) is 5.97. The molecular weight excluding hydrogens is 279 g/mol. The predicted octanol–water partition coefficient (Wildman–Crippen LogP) is 4.42. The zero-order valence-corrected chi connectivity index (χ0v) is 12.7. The van der Waals surface area contributed by atoms with Crippen molar-refractivity contribution in [3.05, 3.63) is 11.8 Å². The van der Waals surface area contributed by atoms with E-state index < -0.39 is 12.1 Å². The van der Waals surface area contributed by atoms with E-state index in [9.17, 15) is 13.2 Å². The molecule has 0 aromatic carbocycles. The van der Waals surface area contributed by atoms with Gasteiger partial charge in [-0.05, 0) is 63.0 Å². The van der Waals surface area contributed by atoms with Gasteiger partial charge in [-0.2, -0.15) is 13.2 Å². The Morgan fingerprint density at radius 2 is 2.00 bits per heavy atom. The number of hydrogen-bond acceptors (Lipinski definition) is 2. The van der Waals surface area contributed by atoms with Crippen LogP contribution in [0.2, 0.25) is 0 Å². The molecule has 21 heavy (non-hydrogen) atoms. The molecule has 1 atom stereocenters. The molecule has 1 saturated carbocycles. The fraction of sp³-hybridized carbons (Fsp3) is 0.875. The van der Waals surface area contributed by atoms with Crippen molar-refractivity contribution in [2.24, 2.45) is 11.8 Å². The lowest BCUT2D eigenvalue weighted by Crippen LogP contribution is -2.42. The lowest BCUT2D eigenvalue weighted by molar-refractivity contribution is -0.184. The Morgan fingerprint density at radius 3 is 2.52 bits per heavy atom. The maximum absolute atomic E-state index is 12.8. The van der Waals surface area contributed by atoms with Crippen LogP contribution in [0.5, 0.6) is 0 Å². The molecule has 0 aromatic heterocycles. The molecule has 0 radical (unpaired) electrons. The van der Waals surface area contributed by atoms with Crippen LogP contribution in [-0.2, 0) is 4.74 Å². The largest absolute Gasteiger partial charge is 0.501 e. The summed E-state index contributed by atoms with van der Waals surface area (Å²) in [7, 11) is 0. The summed E-state index contributed by atoms with van der Waals surface area (Å²) in [5.41, 5.74) is 1.24. The molecule has 1 aliphatic heterocycles. The highest BCUT2D eigenvalue weighted by atomic mass is 19.4. The topological polar surface area (TPSA) is 21.3 Å². The summed E-state index contributed by atoms with van der Waals surface area (Å²) in [6.07, 6.45) is 2.71. The number of ether oxygens (including phenoxy) is 1. The Morgan fingerprint density at radius 1 is 1.29 bits per heavy atom. The van der Waals surface area contributed by atoms with E-state index in [4.69, 9.17) is 4.74 Å². The second-order valence-electron chi connectivity index (χ2n) is 6.25. The number of rotatable bonds is 5. The molecule has 0 spiro atoms. The molecule has 1 fully saturated rings. The molecule has 0 amide bonds. The van der Waals surface area contributed by atoms with Crippen molar-refractivity contribution in [2.45, 2.75) is 64.1 Å². The van der Waals surface area contributed by atoms with Gasteiger partial charge in [0.25, 0.3) is 0 Å². The van der Waals surface area contributed by atoms with Crippen LogP contribution in [0.15, 0.2) is 11.8 Å². The van der Waals surface area contributed by atoms with E-state index in [2.05, 4.69) is 12.2 Å². The average molecular weight is 305 g/mol. The molecule has 0 saturated heterocycles. The summed E-state index contributed by atoms with van der Waals surface area (Å²) in [4.78, 5) is 0. The lowest BCUT2D eigenvalue weighted by atomic mass is 9.75. The zero-order valence-electron chi connectivity index (χ0n) is 12.7. The molecule has 2 aliphatic rings. The highest BCUT2D eigenvalue weighted by Gasteiger charge is 2.42. The van der Waals surface area contributed by atoms with E-state index in [1.165, 1.54) is 5.57 Å². The van der Waals surface area contributed by atoms with E-state index in [0.717, 1.165) is 32.4 Å². The SMILES string of the molecule is CCCNC(C1=COCCC1)C1CCC(C(F)(F)F)CC1. The van der Waals surface area contributed by atoms with Crippen LogP contribution in [-0.4, -0.2) is 25.4 Å². The highest BCUT2D eigenvalue weighted by Crippen LogP contribution is 2.41. The molecule has 1 aliphatic carbocycles. The van der Waals surface area contributed by atoms with Gasteiger partial charge in [0.15, 0.2) is 0 Å². The van der Waals surface area contributed by atoms with Crippen LogP contribution in [0, 0.1) is 11.8 Å². The quantitative estimate of drug-likeness (QED) is 0.812. The molecule has 1 unspecified atom stereocenters. The van der Waals surface area contributed by atoms with Gasteiger partial charge in [-0.25, -0.2) is 0 Å². The summed E-state index contributed by atoms with van der Waals surface area (Å²) < 4.78 is 43.8. The summed E-state index contributed by atoms with van der Waals surface area (Å²) in [5.74, 6) is -0.791. The van der Waals surface area contributed by atoms with Crippen molar-refractivity contribution >= 4 is 0 Å². The van der Waals surface area contributed by atoms with Gasteiger partial charge in [0.1, 0.15) is 0 Å². The first-order chi connectivity index (χ1) is 10.0. The van der Waals surface area contributed by atoms with Crippen LogP contribution in [0.4, 0.5) is 13.2 Å². The molecule has 1 N–H and O–H groups in total. The molecule has 122 valence electrons. The first-order valence-electron chi connectivity index (χ1n) is 8.13. The van der Waals surface area contributed by atoms with E-state index >= 15 is 0 Å². The number of halogens is 3. The van der Waals surface area contributed by atoms with Crippen LogP contribution in [0.1, 0.15) is 51.9 Å². The minimum Gasteiger partial charge on any atom is -0.501 e. The van der Waals surface area contributed by atoms with Crippen molar-refractivity contribution in [3.8, 4) is 0 Å². The van der Waals surface area contributed by atoms with Gasteiger partial charge >= 0.3 is 6.18 Å². The monoisotopic (exact) mass is 305 g/mol. The normalized spacial score (nSPS) is 28.7. The van der Waals surface area contributed by atoms with Crippen molar-refractivity contribution in [2.75, 3.05) is 13.2 Å². The second-order valence-corrected chi connectivity index (χ2v) is 6.25. The molecule has 1 heterocycles. The Labute approximate surface area is 125 Å². The molecule has 5 heteroatoms. The molecule has 2 nitrogen and oxygen atoms in total. The molecule has 0 aromatic rings. The van der Waals surface area contributed by atoms with E-state index in [1.807, 2.05) is 6.26 Å². The van der Waals surface area contributed by atoms with Crippen LogP contribution < -0.4 is 5.32 Å². The van der Waals surface area contributed by atoms with Crippen LogP contribution in [0.3, 0.4) is 0 Å². The smallest absolute Gasteiger partial charge is 0.391 e. The van der Waals surface area contributed by atoms with Gasteiger partial charge in [0.05, 0.1) is 18.8 Å². The fourth-order valence-corrected chi connectivity index (χ4v) is 3.49. The summed E-state index contributed by atoms with van der Waals surface area (Å²) in [6.45, 7) is 3.77. The third kappa shape index (κ3) is 4.63. The summed E-state index contributed by atoms with van der Waals surface area (Å²) >= 11 is 0. The molecule has 2 rings (SSSR count). The predicted molar refractivity (Wildman–Crippen MR) is 76.9 cm³/mol. The van der Waals surface area contributed by atoms with Crippen LogP contribution in [0.25, 0.3) is 0 Å². The van der Waals surface area contributed by atoms with E-state index in [-0.39, 0.29) is 18.9 Å². The minimum absolute atomic E-state index is 0.194. The maximum atomic E-state index is 12.8. The fourth-order valence-electron chi connectivity index (χ4n) is 3.49. The zero-order chi connectivity index (χ0) is 15.3. The Balaban J connectivity index is 1.96. The van der Waals surface area contributed by atoms with E-state index in [0.29, 0.717) is 18.8 Å². The van der Waals surface area contributed by atoms with E-state index in [1.54, 1.807) is 0 Å². The van der Waals surface area contributed by atoms with Crippen molar-refractivity contribution in [1.82, 2.24) is 5.32 Å². The van der Waals surface area contributed by atoms with Crippen molar-refractivity contribution in [1.29, 1.82) is 0 Å². The second kappa shape index (κ2) is 7.52. The van der Waals surface area contributed by atoms with Gasteiger partial charge < -0.3 is 10.1 Å². The van der Waals surface area contributed by atoms with Gasteiger partial charge in [-0.15, -0.1) is 0 Å². The average Bonchev–Trinajstić information content (AvgIpc) is 2.48. The Hall–Kier alpha value is -0.710. The van der Waals surface area contributed by atoms with Gasteiger partial charge in [-0.3, -0.25) is 0 Å². The highest BCUT2D eigenvalue weighted by molar-refractivity contribution is 5.12. The minimum atomic E-state index is -4.02. The van der Waals surface area contributed by atoms with Crippen LogP contribution >= 0.6 is 0 Å². The lowest BCUT2D eigenvalue weighted by Gasteiger charge is -2.37. The third-order valence-electron chi connectivity index (χ3n) is 4.68. The molecular formula is C16H26F3NO. The van der Waals surface area contributed by atoms with Gasteiger partial charge in [-0.1, -0.05) is 6.92 Å². The summed E-state index contributed by atoms with van der Waals surface area (Å²) in [5, 5.41) is 3.53.